The summed E-state index contributed by atoms with van der Waals surface area (Å²) in [6, 6.07) is 7.14. The molecule has 0 aliphatic carbocycles. The highest BCUT2D eigenvalue weighted by atomic mass is 16.6. The van der Waals surface area contributed by atoms with Crippen molar-refractivity contribution >= 4 is 6.03 Å². The van der Waals surface area contributed by atoms with Crippen LogP contribution in [0.4, 0.5) is 4.79 Å². The number of fused-ring (bicyclic) bond motifs is 1. The lowest BCUT2D eigenvalue weighted by Gasteiger charge is -2.26. The number of carbonyl (C=O) groups excluding carboxylic acids is 1. The minimum atomic E-state index is -0.310. The van der Waals surface area contributed by atoms with Gasteiger partial charge in [-0.1, -0.05) is 12.1 Å². The smallest absolute Gasteiger partial charge is 0.316 e. The van der Waals surface area contributed by atoms with Gasteiger partial charge >= 0.3 is 6.03 Å². The van der Waals surface area contributed by atoms with Crippen LogP contribution in [0, 0.1) is 0 Å². The van der Waals surface area contributed by atoms with Gasteiger partial charge in [0.2, 0.25) is 0 Å². The summed E-state index contributed by atoms with van der Waals surface area (Å²) < 4.78 is 21.2. The molecule has 1 aliphatic heterocycles. The van der Waals surface area contributed by atoms with Crippen molar-refractivity contribution in [1.29, 1.82) is 0 Å². The fourth-order valence-electron chi connectivity index (χ4n) is 1.76. The Morgan fingerprint density at radius 1 is 1.29 bits per heavy atom. The van der Waals surface area contributed by atoms with Crippen molar-refractivity contribution in [2.75, 3.05) is 40.2 Å². The van der Waals surface area contributed by atoms with Crippen LogP contribution < -0.4 is 20.1 Å². The number of carbonyl (C=O) groups is 1. The molecule has 0 radical (unpaired) electrons. The van der Waals surface area contributed by atoms with Gasteiger partial charge in [-0.2, -0.15) is 0 Å². The second-order valence-corrected chi connectivity index (χ2v) is 4.43. The average molecular weight is 296 g/mol. The lowest BCUT2D eigenvalue weighted by Crippen LogP contribution is -2.45. The van der Waals surface area contributed by atoms with E-state index in [0.29, 0.717) is 32.1 Å². The summed E-state index contributed by atoms with van der Waals surface area (Å²) in [7, 11) is 1.59. The quantitative estimate of drug-likeness (QED) is 0.573. The molecule has 21 heavy (non-hydrogen) atoms. The van der Waals surface area contributed by atoms with Gasteiger partial charge in [-0.3, -0.25) is 0 Å². The Hall–Kier alpha value is -1.99. The van der Waals surface area contributed by atoms with E-state index >= 15 is 0 Å². The third kappa shape index (κ3) is 5.13. The first-order valence-corrected chi connectivity index (χ1v) is 6.76. The van der Waals surface area contributed by atoms with E-state index in [-0.39, 0.29) is 18.9 Å². The number of nitrogens with one attached hydrogen (secondary N) is 2. The predicted molar refractivity (Wildman–Crippen MR) is 75.6 cm³/mol. The molecule has 2 amide bonds. The van der Waals surface area contributed by atoms with E-state index in [0.717, 1.165) is 5.75 Å². The maximum Gasteiger partial charge on any atom is 0.316 e. The molecule has 2 rings (SSSR count). The first-order valence-electron chi connectivity index (χ1n) is 6.76. The summed E-state index contributed by atoms with van der Waals surface area (Å²) >= 11 is 0. The van der Waals surface area contributed by atoms with E-state index < -0.39 is 0 Å². The Kier molecular flexibility index (Phi) is 6.11. The zero-order valence-corrected chi connectivity index (χ0v) is 12.0. The average Bonchev–Trinajstić information content (AvgIpc) is 2.52. The summed E-state index contributed by atoms with van der Waals surface area (Å²) in [4.78, 5) is 11.5. The van der Waals surface area contributed by atoms with Gasteiger partial charge < -0.3 is 29.6 Å². The lowest BCUT2D eigenvalue weighted by molar-refractivity contribution is 0.0633. The predicted octanol–water partition coefficient (Wildman–Crippen LogP) is 0.746. The zero-order valence-electron chi connectivity index (χ0n) is 12.0. The van der Waals surface area contributed by atoms with Crippen molar-refractivity contribution in [1.82, 2.24) is 10.6 Å². The topological polar surface area (TPSA) is 78.1 Å². The van der Waals surface area contributed by atoms with Crippen LogP contribution in [-0.2, 0) is 9.47 Å². The Morgan fingerprint density at radius 2 is 2.10 bits per heavy atom. The molecule has 1 heterocycles. The standard InChI is InChI=1S/C14H20N2O5/c1-18-6-7-19-10-16-14(17)15-8-11-9-20-12-4-2-3-5-13(12)21-11/h2-5,11H,6-10H2,1H3,(H2,15,16,17). The van der Waals surface area contributed by atoms with Crippen LogP contribution in [0.15, 0.2) is 24.3 Å². The van der Waals surface area contributed by atoms with Crippen LogP contribution in [0.5, 0.6) is 11.5 Å². The van der Waals surface area contributed by atoms with Crippen LogP contribution in [0.1, 0.15) is 0 Å². The molecule has 0 aromatic heterocycles. The molecule has 0 bridgehead atoms. The van der Waals surface area contributed by atoms with Gasteiger partial charge in [-0.25, -0.2) is 4.79 Å². The molecule has 1 aromatic carbocycles. The Labute approximate surface area is 123 Å². The second-order valence-electron chi connectivity index (χ2n) is 4.43. The number of hydrogen-bond donors (Lipinski definition) is 2. The number of urea groups is 1. The third-order valence-electron chi connectivity index (χ3n) is 2.82. The van der Waals surface area contributed by atoms with Crippen molar-refractivity contribution < 1.29 is 23.7 Å². The van der Waals surface area contributed by atoms with Crippen LogP contribution in [0.3, 0.4) is 0 Å². The molecule has 2 N–H and O–H groups in total. The fraction of sp³-hybridized carbons (Fsp3) is 0.500. The largest absolute Gasteiger partial charge is 0.486 e. The Bertz CT molecular complexity index is 455. The van der Waals surface area contributed by atoms with E-state index in [2.05, 4.69) is 10.6 Å². The Morgan fingerprint density at radius 3 is 2.90 bits per heavy atom. The van der Waals surface area contributed by atoms with E-state index in [1.807, 2.05) is 24.3 Å². The van der Waals surface area contributed by atoms with Gasteiger partial charge in [0.15, 0.2) is 17.6 Å². The highest BCUT2D eigenvalue weighted by Crippen LogP contribution is 2.30. The molecular formula is C14H20N2O5. The lowest BCUT2D eigenvalue weighted by atomic mass is 10.2. The van der Waals surface area contributed by atoms with Gasteiger partial charge in [0, 0.05) is 7.11 Å². The monoisotopic (exact) mass is 296 g/mol. The SMILES string of the molecule is COCCOCNC(=O)NCC1COc2ccccc2O1. The molecule has 7 heteroatoms. The Balaban J connectivity index is 1.62. The van der Waals surface area contributed by atoms with Crippen LogP contribution in [0.25, 0.3) is 0 Å². The first-order chi connectivity index (χ1) is 10.3. The molecule has 1 aliphatic rings. The number of methoxy groups -OCH3 is 1. The van der Waals surface area contributed by atoms with E-state index in [1.165, 1.54) is 0 Å². The van der Waals surface area contributed by atoms with E-state index in [1.54, 1.807) is 7.11 Å². The van der Waals surface area contributed by atoms with Crippen molar-refractivity contribution in [2.45, 2.75) is 6.10 Å². The van der Waals surface area contributed by atoms with Gasteiger partial charge in [0.1, 0.15) is 13.3 Å². The minimum absolute atomic E-state index is 0.139. The van der Waals surface area contributed by atoms with E-state index in [9.17, 15) is 4.79 Å². The molecule has 116 valence electrons. The number of hydrogen-bond acceptors (Lipinski definition) is 5. The number of amides is 2. The van der Waals surface area contributed by atoms with E-state index in [4.69, 9.17) is 18.9 Å². The van der Waals surface area contributed by atoms with Crippen molar-refractivity contribution in [3.8, 4) is 11.5 Å². The number of rotatable bonds is 7. The maximum atomic E-state index is 11.5. The van der Waals surface area contributed by atoms with Gasteiger partial charge in [-0.05, 0) is 12.1 Å². The number of ether oxygens (including phenoxy) is 4. The van der Waals surface area contributed by atoms with Crippen molar-refractivity contribution in [2.24, 2.45) is 0 Å². The molecular weight excluding hydrogens is 276 g/mol. The van der Waals surface area contributed by atoms with Gasteiger partial charge in [0.25, 0.3) is 0 Å². The number of benzene rings is 1. The fourth-order valence-corrected chi connectivity index (χ4v) is 1.76. The summed E-state index contributed by atoms with van der Waals surface area (Å²) in [5.74, 6) is 1.42. The maximum absolute atomic E-state index is 11.5. The minimum Gasteiger partial charge on any atom is -0.486 e. The molecule has 7 nitrogen and oxygen atoms in total. The van der Waals surface area contributed by atoms with Crippen LogP contribution >= 0.6 is 0 Å². The highest BCUT2D eigenvalue weighted by Gasteiger charge is 2.20. The molecule has 0 fully saturated rings. The third-order valence-corrected chi connectivity index (χ3v) is 2.82. The normalized spacial score (nSPS) is 16.3. The highest BCUT2D eigenvalue weighted by molar-refractivity contribution is 5.73. The summed E-state index contributed by atoms with van der Waals surface area (Å²) in [6.45, 7) is 1.84. The molecule has 0 saturated heterocycles. The summed E-state index contributed by atoms with van der Waals surface area (Å²) in [5, 5.41) is 5.28. The zero-order chi connectivity index (χ0) is 14.9. The summed E-state index contributed by atoms with van der Waals surface area (Å²) in [5.41, 5.74) is 0. The number of para-hydroxylation sites is 2. The molecule has 1 unspecified atom stereocenters. The second kappa shape index (κ2) is 8.33. The van der Waals surface area contributed by atoms with Gasteiger partial charge in [0.05, 0.1) is 19.8 Å². The molecule has 1 atom stereocenters. The van der Waals surface area contributed by atoms with Crippen molar-refractivity contribution in [3.05, 3.63) is 24.3 Å². The molecule has 0 saturated carbocycles. The van der Waals surface area contributed by atoms with Crippen LogP contribution in [0.2, 0.25) is 0 Å². The van der Waals surface area contributed by atoms with Gasteiger partial charge in [-0.15, -0.1) is 0 Å². The summed E-state index contributed by atoms with van der Waals surface area (Å²) in [6.07, 6.45) is -0.208. The van der Waals surface area contributed by atoms with Crippen molar-refractivity contribution in [3.63, 3.8) is 0 Å². The van der Waals surface area contributed by atoms with Crippen LogP contribution in [-0.4, -0.2) is 52.3 Å². The first kappa shape index (κ1) is 15.4. The molecule has 0 spiro atoms. The molecule has 1 aromatic rings.